The Balaban J connectivity index is 2.26. The van der Waals surface area contributed by atoms with E-state index in [1.807, 2.05) is 6.92 Å². The molecule has 1 heterocycles. The Bertz CT molecular complexity index is 732. The van der Waals surface area contributed by atoms with E-state index in [-0.39, 0.29) is 16.3 Å². The van der Waals surface area contributed by atoms with Crippen molar-refractivity contribution in [2.75, 3.05) is 7.11 Å². The minimum atomic E-state index is -1.19. The van der Waals surface area contributed by atoms with Crippen molar-refractivity contribution >= 4 is 23.5 Å². The Morgan fingerprint density at radius 1 is 1.48 bits per heavy atom. The van der Waals surface area contributed by atoms with E-state index in [1.54, 1.807) is 0 Å². The highest BCUT2D eigenvalue weighted by Crippen LogP contribution is 2.21. The highest BCUT2D eigenvalue weighted by Gasteiger charge is 2.26. The van der Waals surface area contributed by atoms with Crippen LogP contribution in [0.15, 0.2) is 28.9 Å². The molecule has 0 radical (unpaired) electrons. The van der Waals surface area contributed by atoms with Crippen molar-refractivity contribution in [2.45, 2.75) is 19.4 Å². The van der Waals surface area contributed by atoms with E-state index in [4.69, 9.17) is 16.0 Å². The summed E-state index contributed by atoms with van der Waals surface area (Å²) < 4.78 is 23.3. The molecule has 1 aromatic heterocycles. The Hall–Kier alpha value is -2.41. The van der Waals surface area contributed by atoms with Crippen molar-refractivity contribution < 1.29 is 23.1 Å². The lowest BCUT2D eigenvalue weighted by Crippen LogP contribution is -2.34. The van der Waals surface area contributed by atoms with E-state index < -0.39 is 23.7 Å². The summed E-state index contributed by atoms with van der Waals surface area (Å²) in [4.78, 5) is 28.0. The predicted molar refractivity (Wildman–Crippen MR) is 79.5 cm³/mol. The molecule has 122 valence electrons. The van der Waals surface area contributed by atoms with Crippen molar-refractivity contribution in [2.24, 2.45) is 0 Å². The van der Waals surface area contributed by atoms with Gasteiger partial charge in [-0.1, -0.05) is 24.6 Å². The third-order valence-electron chi connectivity index (χ3n) is 3.08. The number of benzene rings is 1. The van der Waals surface area contributed by atoms with Crippen molar-refractivity contribution in [1.82, 2.24) is 10.3 Å². The van der Waals surface area contributed by atoms with Crippen LogP contribution in [0.4, 0.5) is 4.39 Å². The van der Waals surface area contributed by atoms with Gasteiger partial charge in [0.05, 0.1) is 12.1 Å². The van der Waals surface area contributed by atoms with E-state index in [1.165, 1.54) is 25.5 Å². The summed E-state index contributed by atoms with van der Waals surface area (Å²) in [5.41, 5.74) is 0.219. The lowest BCUT2D eigenvalue weighted by molar-refractivity contribution is -0.143. The fraction of sp³-hybridized carbons (Fsp3) is 0.267. The summed E-state index contributed by atoms with van der Waals surface area (Å²) in [6, 6.07) is 2.58. The molecule has 0 saturated heterocycles. The number of aryl methyl sites for hydroxylation is 1. The van der Waals surface area contributed by atoms with Crippen molar-refractivity contribution in [3.63, 3.8) is 0 Å². The number of hydrogen-bond donors (Lipinski definition) is 1. The predicted octanol–water partition coefficient (Wildman–Crippen LogP) is 2.67. The zero-order valence-electron chi connectivity index (χ0n) is 12.4. The molecule has 1 atom stereocenters. The summed E-state index contributed by atoms with van der Waals surface area (Å²) in [6.45, 7) is 1.82. The molecule has 0 fully saturated rings. The van der Waals surface area contributed by atoms with E-state index in [2.05, 4.69) is 15.0 Å². The third-order valence-corrected chi connectivity index (χ3v) is 3.38. The Morgan fingerprint density at radius 2 is 2.22 bits per heavy atom. The molecule has 0 aliphatic carbocycles. The molecule has 0 aliphatic rings. The van der Waals surface area contributed by atoms with Gasteiger partial charge < -0.3 is 14.5 Å². The molecule has 1 amide bonds. The number of amides is 1. The number of methoxy groups -OCH3 is 1. The fourth-order valence-corrected chi connectivity index (χ4v) is 1.99. The summed E-state index contributed by atoms with van der Waals surface area (Å²) >= 11 is 5.62. The van der Waals surface area contributed by atoms with Crippen LogP contribution in [0, 0.1) is 5.82 Å². The average molecular weight is 341 g/mol. The van der Waals surface area contributed by atoms with Gasteiger partial charge in [0.2, 0.25) is 0 Å². The van der Waals surface area contributed by atoms with E-state index in [0.29, 0.717) is 12.3 Å². The summed E-state index contributed by atoms with van der Waals surface area (Å²) in [6.07, 6.45) is 1.71. The van der Waals surface area contributed by atoms with Gasteiger partial charge in [-0.2, -0.15) is 0 Å². The summed E-state index contributed by atoms with van der Waals surface area (Å²) in [7, 11) is 1.17. The maximum absolute atomic E-state index is 13.6. The first kappa shape index (κ1) is 17.0. The normalized spacial score (nSPS) is 11.8. The number of nitrogens with one attached hydrogen (secondary N) is 1. The molecule has 0 bridgehead atoms. The minimum Gasteiger partial charge on any atom is -0.467 e. The molecule has 0 aliphatic heterocycles. The number of ether oxygens (including phenoxy) is 1. The number of nitrogens with zero attached hydrogens (tertiary/aromatic N) is 1. The minimum absolute atomic E-state index is 0.0187. The van der Waals surface area contributed by atoms with Crippen LogP contribution >= 0.6 is 11.6 Å². The number of halogens is 2. The van der Waals surface area contributed by atoms with Gasteiger partial charge >= 0.3 is 5.97 Å². The summed E-state index contributed by atoms with van der Waals surface area (Å²) in [5, 5.41) is 2.35. The van der Waals surface area contributed by atoms with Crippen LogP contribution in [-0.2, 0) is 16.0 Å². The zero-order valence-corrected chi connectivity index (χ0v) is 13.2. The number of aromatic nitrogens is 1. The van der Waals surface area contributed by atoms with Crippen molar-refractivity contribution in [3.8, 4) is 0 Å². The second-order valence-electron chi connectivity index (χ2n) is 4.58. The lowest BCUT2D eigenvalue weighted by atomic mass is 10.1. The van der Waals surface area contributed by atoms with Gasteiger partial charge in [-0.05, 0) is 17.7 Å². The topological polar surface area (TPSA) is 81.4 Å². The number of oxazole rings is 1. The number of carbonyl (C=O) groups excluding carboxylic acids is 2. The first-order valence-corrected chi connectivity index (χ1v) is 7.12. The van der Waals surface area contributed by atoms with Crippen LogP contribution in [0.5, 0.6) is 0 Å². The average Bonchev–Trinajstić information content (AvgIpc) is 3.03. The van der Waals surface area contributed by atoms with Crippen LogP contribution in [-0.4, -0.2) is 24.0 Å². The molecule has 8 heteroatoms. The quantitative estimate of drug-likeness (QED) is 0.846. The highest BCUT2D eigenvalue weighted by molar-refractivity contribution is 6.30. The van der Waals surface area contributed by atoms with Crippen molar-refractivity contribution in [1.29, 1.82) is 0 Å². The molecule has 0 unspecified atom stereocenters. The van der Waals surface area contributed by atoms with E-state index >= 15 is 0 Å². The second kappa shape index (κ2) is 7.23. The molecule has 1 aromatic carbocycles. The maximum atomic E-state index is 13.6. The smallest absolute Gasteiger partial charge is 0.333 e. The van der Waals surface area contributed by atoms with Crippen LogP contribution in [0.2, 0.25) is 5.02 Å². The monoisotopic (exact) mass is 340 g/mol. The molecular weight excluding hydrogens is 327 g/mol. The van der Waals surface area contributed by atoms with E-state index in [9.17, 15) is 14.0 Å². The first-order chi connectivity index (χ1) is 11.0. The Morgan fingerprint density at radius 3 is 2.78 bits per heavy atom. The molecule has 23 heavy (non-hydrogen) atoms. The maximum Gasteiger partial charge on any atom is 0.333 e. The third kappa shape index (κ3) is 3.87. The van der Waals surface area contributed by atoms with Crippen LogP contribution in [0.1, 0.15) is 34.9 Å². The molecule has 2 aromatic rings. The Kier molecular flexibility index (Phi) is 5.33. The number of rotatable bonds is 5. The van der Waals surface area contributed by atoms with Gasteiger partial charge in [0.1, 0.15) is 12.1 Å². The van der Waals surface area contributed by atoms with Gasteiger partial charge in [0.25, 0.3) is 5.91 Å². The number of hydrogen-bond acceptors (Lipinski definition) is 5. The number of esters is 1. The second-order valence-corrected chi connectivity index (χ2v) is 4.99. The van der Waals surface area contributed by atoms with Crippen LogP contribution < -0.4 is 5.32 Å². The fourth-order valence-electron chi connectivity index (χ4n) is 1.87. The van der Waals surface area contributed by atoms with Crippen molar-refractivity contribution in [3.05, 3.63) is 52.5 Å². The molecule has 1 N–H and O–H groups in total. The number of carbonyl (C=O) groups is 2. The van der Waals surface area contributed by atoms with Gasteiger partial charge in [-0.3, -0.25) is 4.79 Å². The standard InChI is InChI=1S/C15H14ClFN2O4/c1-3-12-18-11(7-23-12)14(20)19-13(15(21)22-2)8-4-5-9(16)10(17)6-8/h4-7,13H,3H2,1-2H3,(H,19,20)/t13-/m1/s1. The SMILES string of the molecule is CCc1nc(C(=O)N[C@@H](C(=O)OC)c2ccc(Cl)c(F)c2)co1. The van der Waals surface area contributed by atoms with E-state index in [0.717, 1.165) is 6.07 Å². The van der Waals surface area contributed by atoms with Gasteiger partial charge in [-0.25, -0.2) is 14.2 Å². The van der Waals surface area contributed by atoms with Crippen LogP contribution in [0.25, 0.3) is 0 Å². The molecule has 6 nitrogen and oxygen atoms in total. The summed E-state index contributed by atoms with van der Waals surface area (Å²) in [5.74, 6) is -1.71. The first-order valence-electron chi connectivity index (χ1n) is 6.74. The largest absolute Gasteiger partial charge is 0.467 e. The van der Waals surface area contributed by atoms with Gasteiger partial charge in [-0.15, -0.1) is 0 Å². The zero-order chi connectivity index (χ0) is 17.0. The van der Waals surface area contributed by atoms with Gasteiger partial charge in [0.15, 0.2) is 17.6 Å². The molecular formula is C15H14ClFN2O4. The molecule has 2 rings (SSSR count). The Labute approximate surface area is 136 Å². The van der Waals surface area contributed by atoms with Gasteiger partial charge in [0, 0.05) is 6.42 Å². The molecule has 0 saturated carbocycles. The lowest BCUT2D eigenvalue weighted by Gasteiger charge is -2.16. The molecule has 0 spiro atoms. The highest BCUT2D eigenvalue weighted by atomic mass is 35.5. The van der Waals surface area contributed by atoms with Crippen LogP contribution in [0.3, 0.4) is 0 Å².